The second kappa shape index (κ2) is 6.42. The Bertz CT molecular complexity index is 891. The molecule has 0 saturated heterocycles. The van der Waals surface area contributed by atoms with Gasteiger partial charge in [-0.2, -0.15) is 0 Å². The molecule has 4 rings (SSSR count). The highest BCUT2D eigenvalue weighted by Crippen LogP contribution is 2.20. The molecule has 1 aliphatic rings. The van der Waals surface area contributed by atoms with Crippen LogP contribution in [0.2, 0.25) is 0 Å². The Labute approximate surface area is 140 Å². The Morgan fingerprint density at radius 3 is 2.75 bits per heavy atom. The molecule has 1 amide bonds. The van der Waals surface area contributed by atoms with Crippen molar-refractivity contribution in [1.29, 1.82) is 0 Å². The van der Waals surface area contributed by atoms with Gasteiger partial charge in [0.1, 0.15) is 5.69 Å². The molecule has 1 atom stereocenters. The van der Waals surface area contributed by atoms with Crippen LogP contribution in [0.4, 0.5) is 0 Å². The van der Waals surface area contributed by atoms with Crippen LogP contribution in [-0.4, -0.2) is 23.5 Å². The fourth-order valence-corrected chi connectivity index (χ4v) is 3.03. The third-order valence-electron chi connectivity index (χ3n) is 4.36. The van der Waals surface area contributed by atoms with E-state index in [1.165, 1.54) is 11.1 Å². The van der Waals surface area contributed by atoms with Crippen LogP contribution in [-0.2, 0) is 17.8 Å². The van der Waals surface area contributed by atoms with Crippen LogP contribution in [0.15, 0.2) is 60.7 Å². The van der Waals surface area contributed by atoms with E-state index in [0.717, 1.165) is 17.3 Å². The summed E-state index contributed by atoms with van der Waals surface area (Å²) in [6, 6.07) is 19.7. The van der Waals surface area contributed by atoms with E-state index in [1.54, 1.807) is 6.07 Å². The maximum absolute atomic E-state index is 12.3. The molecule has 2 aromatic carbocycles. The van der Waals surface area contributed by atoms with Gasteiger partial charge in [0, 0.05) is 18.4 Å². The summed E-state index contributed by atoms with van der Waals surface area (Å²) in [6.45, 7) is 1.09. The number of carbonyl (C=O) groups is 1. The zero-order valence-electron chi connectivity index (χ0n) is 13.2. The SMILES string of the molecule is O=C(NCC1Cc2ccccc2CO1)c1ccc2ccccc2n1. The number of aromatic nitrogens is 1. The van der Waals surface area contributed by atoms with Crippen LogP contribution in [0.3, 0.4) is 0 Å². The molecular weight excluding hydrogens is 300 g/mol. The summed E-state index contributed by atoms with van der Waals surface area (Å²) >= 11 is 0. The molecule has 0 spiro atoms. The molecule has 4 nitrogen and oxygen atoms in total. The quantitative estimate of drug-likeness (QED) is 0.807. The molecule has 2 heterocycles. The van der Waals surface area contributed by atoms with Crippen LogP contribution in [0.25, 0.3) is 10.9 Å². The topological polar surface area (TPSA) is 51.2 Å². The number of amides is 1. The second-order valence-electron chi connectivity index (χ2n) is 6.01. The zero-order chi connectivity index (χ0) is 16.4. The van der Waals surface area contributed by atoms with E-state index >= 15 is 0 Å². The number of nitrogens with zero attached hydrogens (tertiary/aromatic N) is 1. The standard InChI is InChI=1S/C20H18N2O2/c23-20(19-10-9-14-5-3-4-8-18(14)22-19)21-12-17-11-15-6-1-2-7-16(15)13-24-17/h1-10,17H,11-13H2,(H,21,23). The number of ether oxygens (including phenoxy) is 1. The average Bonchev–Trinajstić information content (AvgIpc) is 2.65. The first-order chi connectivity index (χ1) is 11.8. The van der Waals surface area contributed by atoms with Crippen molar-refractivity contribution in [1.82, 2.24) is 10.3 Å². The molecule has 1 aliphatic heterocycles. The number of carbonyl (C=O) groups excluding carboxylic acids is 1. The van der Waals surface area contributed by atoms with Crippen molar-refractivity contribution >= 4 is 16.8 Å². The lowest BCUT2D eigenvalue weighted by molar-refractivity contribution is 0.0284. The van der Waals surface area contributed by atoms with E-state index in [4.69, 9.17) is 4.74 Å². The minimum atomic E-state index is -0.164. The third-order valence-corrected chi connectivity index (χ3v) is 4.36. The van der Waals surface area contributed by atoms with Gasteiger partial charge < -0.3 is 10.1 Å². The summed E-state index contributed by atoms with van der Waals surface area (Å²) in [7, 11) is 0. The third kappa shape index (κ3) is 3.01. The van der Waals surface area contributed by atoms with E-state index in [9.17, 15) is 4.79 Å². The molecule has 0 saturated carbocycles. The van der Waals surface area contributed by atoms with Crippen molar-refractivity contribution < 1.29 is 9.53 Å². The van der Waals surface area contributed by atoms with E-state index in [0.29, 0.717) is 18.8 Å². The molecule has 0 fully saturated rings. The molecule has 0 aliphatic carbocycles. The van der Waals surface area contributed by atoms with Crippen molar-refractivity contribution in [2.45, 2.75) is 19.1 Å². The average molecular weight is 318 g/mol. The Kier molecular flexibility index (Phi) is 3.97. The molecular formula is C20H18N2O2. The van der Waals surface area contributed by atoms with Crippen molar-refractivity contribution in [2.75, 3.05) is 6.54 Å². The lowest BCUT2D eigenvalue weighted by Crippen LogP contribution is -2.37. The van der Waals surface area contributed by atoms with Gasteiger partial charge in [0.2, 0.25) is 0 Å². The van der Waals surface area contributed by atoms with E-state index in [2.05, 4.69) is 22.4 Å². The Morgan fingerprint density at radius 2 is 1.83 bits per heavy atom. The summed E-state index contributed by atoms with van der Waals surface area (Å²) in [4.78, 5) is 16.8. The summed E-state index contributed by atoms with van der Waals surface area (Å²) < 4.78 is 5.83. The monoisotopic (exact) mass is 318 g/mol. The maximum atomic E-state index is 12.3. The number of para-hydroxylation sites is 1. The van der Waals surface area contributed by atoms with Crippen molar-refractivity contribution in [3.63, 3.8) is 0 Å². The summed E-state index contributed by atoms with van der Waals surface area (Å²) in [5.74, 6) is -0.164. The number of benzene rings is 2. The number of fused-ring (bicyclic) bond motifs is 2. The first-order valence-electron chi connectivity index (χ1n) is 8.12. The summed E-state index contributed by atoms with van der Waals surface area (Å²) in [5.41, 5.74) is 3.79. The molecule has 3 aromatic rings. The summed E-state index contributed by atoms with van der Waals surface area (Å²) in [5, 5.41) is 3.97. The number of hydrogen-bond donors (Lipinski definition) is 1. The molecule has 1 N–H and O–H groups in total. The Hall–Kier alpha value is -2.72. The highest BCUT2D eigenvalue weighted by molar-refractivity contribution is 5.94. The molecule has 120 valence electrons. The van der Waals surface area contributed by atoms with Gasteiger partial charge in [0.25, 0.3) is 5.91 Å². The van der Waals surface area contributed by atoms with Crippen LogP contribution >= 0.6 is 0 Å². The van der Waals surface area contributed by atoms with Gasteiger partial charge in [-0.1, -0.05) is 48.5 Å². The van der Waals surface area contributed by atoms with Crippen LogP contribution in [0, 0.1) is 0 Å². The van der Waals surface area contributed by atoms with E-state index in [-0.39, 0.29) is 12.0 Å². The first-order valence-corrected chi connectivity index (χ1v) is 8.12. The number of hydrogen-bond acceptors (Lipinski definition) is 3. The molecule has 0 radical (unpaired) electrons. The van der Waals surface area contributed by atoms with E-state index < -0.39 is 0 Å². The lowest BCUT2D eigenvalue weighted by Gasteiger charge is -2.25. The fourth-order valence-electron chi connectivity index (χ4n) is 3.03. The van der Waals surface area contributed by atoms with Gasteiger partial charge in [0.15, 0.2) is 0 Å². The molecule has 4 heteroatoms. The minimum absolute atomic E-state index is 0.00399. The predicted molar refractivity (Wildman–Crippen MR) is 92.8 cm³/mol. The number of rotatable bonds is 3. The lowest BCUT2D eigenvalue weighted by atomic mass is 9.99. The normalized spacial score (nSPS) is 16.6. The smallest absolute Gasteiger partial charge is 0.269 e. The summed E-state index contributed by atoms with van der Waals surface area (Å²) in [6.07, 6.45) is 0.825. The fraction of sp³-hybridized carbons (Fsp3) is 0.200. The van der Waals surface area contributed by atoms with Crippen molar-refractivity contribution in [3.05, 3.63) is 77.5 Å². The highest BCUT2D eigenvalue weighted by atomic mass is 16.5. The van der Waals surface area contributed by atoms with Gasteiger partial charge in [-0.15, -0.1) is 0 Å². The van der Waals surface area contributed by atoms with Crippen LogP contribution in [0.1, 0.15) is 21.6 Å². The molecule has 24 heavy (non-hydrogen) atoms. The second-order valence-corrected chi connectivity index (χ2v) is 6.01. The largest absolute Gasteiger partial charge is 0.371 e. The minimum Gasteiger partial charge on any atom is -0.371 e. The van der Waals surface area contributed by atoms with Gasteiger partial charge >= 0.3 is 0 Å². The van der Waals surface area contributed by atoms with Crippen LogP contribution < -0.4 is 5.32 Å². The van der Waals surface area contributed by atoms with Crippen molar-refractivity contribution in [3.8, 4) is 0 Å². The van der Waals surface area contributed by atoms with Gasteiger partial charge in [-0.3, -0.25) is 4.79 Å². The zero-order valence-corrected chi connectivity index (χ0v) is 13.2. The van der Waals surface area contributed by atoms with E-state index in [1.807, 2.05) is 42.5 Å². The maximum Gasteiger partial charge on any atom is 0.269 e. The van der Waals surface area contributed by atoms with Crippen molar-refractivity contribution in [2.24, 2.45) is 0 Å². The first kappa shape index (κ1) is 14.8. The number of nitrogens with one attached hydrogen (secondary N) is 1. The molecule has 0 bridgehead atoms. The van der Waals surface area contributed by atoms with Gasteiger partial charge in [0.05, 0.1) is 18.2 Å². The molecule has 1 aromatic heterocycles. The Balaban J connectivity index is 1.41. The van der Waals surface area contributed by atoms with Gasteiger partial charge in [-0.05, 0) is 23.3 Å². The highest BCUT2D eigenvalue weighted by Gasteiger charge is 2.19. The Morgan fingerprint density at radius 1 is 1.04 bits per heavy atom. The van der Waals surface area contributed by atoms with Gasteiger partial charge in [-0.25, -0.2) is 4.98 Å². The number of pyridine rings is 1. The molecule has 1 unspecified atom stereocenters. The van der Waals surface area contributed by atoms with Crippen LogP contribution in [0.5, 0.6) is 0 Å². The predicted octanol–water partition coefficient (Wildman–Crippen LogP) is 3.11.